The van der Waals surface area contributed by atoms with Crippen molar-refractivity contribution in [1.82, 2.24) is 0 Å². The molecular formula is C25H24N2OS. The van der Waals surface area contributed by atoms with Crippen LogP contribution in [-0.4, -0.2) is 16.3 Å². The molecule has 3 aromatic rings. The second kappa shape index (κ2) is 8.26. The summed E-state index contributed by atoms with van der Waals surface area (Å²) in [7, 11) is 0. The minimum Gasteiger partial charge on any atom is -0.273 e. The van der Waals surface area contributed by atoms with E-state index in [0.717, 1.165) is 16.5 Å². The molecule has 1 fully saturated rings. The van der Waals surface area contributed by atoms with Gasteiger partial charge in [-0.05, 0) is 57.0 Å². The number of hydrogen-bond donors (Lipinski definition) is 0. The maximum Gasteiger partial charge on any atom is 0.247 e. The number of carbonyl (C=O) groups excluding carboxylic acids is 1. The molecule has 0 unspecified atom stereocenters. The number of carbonyl (C=O) groups is 1. The molecule has 1 atom stereocenters. The van der Waals surface area contributed by atoms with Gasteiger partial charge in [0.1, 0.15) is 0 Å². The number of thioether (sulfide) groups is 1. The lowest BCUT2D eigenvalue weighted by atomic mass is 10.1. The first-order chi connectivity index (χ1) is 14.0. The van der Waals surface area contributed by atoms with Gasteiger partial charge in [0.2, 0.25) is 5.91 Å². The topological polar surface area (TPSA) is 32.7 Å². The van der Waals surface area contributed by atoms with Crippen molar-refractivity contribution in [2.75, 3.05) is 4.90 Å². The van der Waals surface area contributed by atoms with Gasteiger partial charge in [0.05, 0.1) is 16.6 Å². The van der Waals surface area contributed by atoms with E-state index in [1.165, 1.54) is 22.3 Å². The molecular weight excluding hydrogens is 376 g/mol. The molecule has 0 saturated carbocycles. The van der Waals surface area contributed by atoms with E-state index in [4.69, 9.17) is 4.99 Å². The predicted molar refractivity (Wildman–Crippen MR) is 123 cm³/mol. The summed E-state index contributed by atoms with van der Waals surface area (Å²) in [5.41, 5.74) is 6.48. The SMILES string of the molecule is Cc1ccc(C[C@@H]2SC(=Nc3ccc(C)cc3)N(c3ccc(C)cc3)C2=O)cc1. The molecule has 1 heterocycles. The summed E-state index contributed by atoms with van der Waals surface area (Å²) < 4.78 is 0. The zero-order chi connectivity index (χ0) is 20.4. The molecule has 4 rings (SSSR count). The van der Waals surface area contributed by atoms with Gasteiger partial charge in [-0.25, -0.2) is 4.99 Å². The highest BCUT2D eigenvalue weighted by molar-refractivity contribution is 8.16. The maximum atomic E-state index is 13.3. The highest BCUT2D eigenvalue weighted by atomic mass is 32.2. The van der Waals surface area contributed by atoms with Crippen LogP contribution in [0, 0.1) is 20.8 Å². The molecule has 3 aromatic carbocycles. The quantitative estimate of drug-likeness (QED) is 0.539. The Kier molecular flexibility index (Phi) is 5.54. The average molecular weight is 401 g/mol. The molecule has 0 aromatic heterocycles. The largest absolute Gasteiger partial charge is 0.273 e. The number of benzene rings is 3. The Morgan fingerprint density at radius 2 is 1.31 bits per heavy atom. The molecule has 1 saturated heterocycles. The lowest BCUT2D eigenvalue weighted by Crippen LogP contribution is -2.32. The van der Waals surface area contributed by atoms with E-state index in [0.29, 0.717) is 6.42 Å². The van der Waals surface area contributed by atoms with Crippen molar-refractivity contribution in [3.05, 3.63) is 95.1 Å². The molecule has 1 aliphatic rings. The Morgan fingerprint density at radius 3 is 1.90 bits per heavy atom. The van der Waals surface area contributed by atoms with Gasteiger partial charge in [0.15, 0.2) is 5.17 Å². The number of aryl methyl sites for hydroxylation is 3. The van der Waals surface area contributed by atoms with Gasteiger partial charge in [0, 0.05) is 0 Å². The molecule has 0 N–H and O–H groups in total. The molecule has 1 amide bonds. The summed E-state index contributed by atoms with van der Waals surface area (Å²) in [5, 5.41) is 0.558. The standard InChI is InChI=1S/C25H24N2OS/c1-17-4-10-20(11-5-17)16-23-24(28)27(22-14-8-19(3)9-15-22)25(29-23)26-21-12-6-18(2)7-13-21/h4-15,23H,16H2,1-3H3/t23-/m0/s1. The van der Waals surface area contributed by atoms with Crippen LogP contribution in [0.3, 0.4) is 0 Å². The molecule has 0 spiro atoms. The van der Waals surface area contributed by atoms with Crippen LogP contribution in [0.2, 0.25) is 0 Å². The second-order valence-electron chi connectivity index (χ2n) is 7.54. The zero-order valence-electron chi connectivity index (χ0n) is 16.9. The summed E-state index contributed by atoms with van der Waals surface area (Å²) in [6.45, 7) is 6.18. The van der Waals surface area contributed by atoms with Gasteiger partial charge >= 0.3 is 0 Å². The van der Waals surface area contributed by atoms with Gasteiger partial charge in [0.25, 0.3) is 0 Å². The predicted octanol–water partition coefficient (Wildman–Crippen LogP) is 5.99. The summed E-state index contributed by atoms with van der Waals surface area (Å²) in [6, 6.07) is 24.5. The summed E-state index contributed by atoms with van der Waals surface area (Å²) in [4.78, 5) is 19.9. The third-order valence-corrected chi connectivity index (χ3v) is 6.16. The van der Waals surface area contributed by atoms with Gasteiger partial charge < -0.3 is 0 Å². The van der Waals surface area contributed by atoms with E-state index in [2.05, 4.69) is 38.1 Å². The van der Waals surface area contributed by atoms with E-state index in [1.54, 1.807) is 16.7 Å². The highest BCUT2D eigenvalue weighted by Crippen LogP contribution is 2.35. The second-order valence-corrected chi connectivity index (χ2v) is 8.71. The summed E-state index contributed by atoms with van der Waals surface area (Å²) in [5.74, 6) is 0.0882. The van der Waals surface area contributed by atoms with E-state index >= 15 is 0 Å². The lowest BCUT2D eigenvalue weighted by molar-refractivity contribution is -0.116. The average Bonchev–Trinajstić information content (AvgIpc) is 3.01. The molecule has 0 aliphatic carbocycles. The number of hydrogen-bond acceptors (Lipinski definition) is 3. The number of amides is 1. The maximum absolute atomic E-state index is 13.3. The van der Waals surface area contributed by atoms with Gasteiger partial charge in [-0.1, -0.05) is 77.0 Å². The van der Waals surface area contributed by atoms with E-state index in [1.807, 2.05) is 55.5 Å². The molecule has 1 aliphatic heterocycles. The van der Waals surface area contributed by atoms with Crippen LogP contribution in [0.5, 0.6) is 0 Å². The Balaban J connectivity index is 1.68. The third-order valence-electron chi connectivity index (χ3n) is 5.03. The smallest absolute Gasteiger partial charge is 0.247 e. The molecule has 4 heteroatoms. The minimum atomic E-state index is -0.178. The minimum absolute atomic E-state index is 0.0882. The lowest BCUT2D eigenvalue weighted by Gasteiger charge is -2.17. The van der Waals surface area contributed by atoms with Crippen molar-refractivity contribution >= 4 is 34.2 Å². The van der Waals surface area contributed by atoms with Crippen LogP contribution in [0.25, 0.3) is 0 Å². The van der Waals surface area contributed by atoms with Crippen molar-refractivity contribution in [3.63, 3.8) is 0 Å². The van der Waals surface area contributed by atoms with Gasteiger partial charge in [-0.3, -0.25) is 9.69 Å². The van der Waals surface area contributed by atoms with Crippen LogP contribution in [0.15, 0.2) is 77.8 Å². The fourth-order valence-electron chi connectivity index (χ4n) is 3.27. The van der Waals surface area contributed by atoms with E-state index in [9.17, 15) is 4.79 Å². The molecule has 0 bridgehead atoms. The number of anilines is 1. The Bertz CT molecular complexity index is 1040. The Morgan fingerprint density at radius 1 is 0.793 bits per heavy atom. The third kappa shape index (κ3) is 4.43. The number of rotatable bonds is 4. The molecule has 29 heavy (non-hydrogen) atoms. The summed E-state index contributed by atoms with van der Waals surface area (Å²) in [6.07, 6.45) is 0.694. The van der Waals surface area contributed by atoms with E-state index in [-0.39, 0.29) is 11.2 Å². The summed E-state index contributed by atoms with van der Waals surface area (Å²) >= 11 is 1.55. The highest BCUT2D eigenvalue weighted by Gasteiger charge is 2.39. The van der Waals surface area contributed by atoms with Crippen molar-refractivity contribution in [2.24, 2.45) is 4.99 Å². The molecule has 3 nitrogen and oxygen atoms in total. The fraction of sp³-hybridized carbons (Fsp3) is 0.200. The van der Waals surface area contributed by atoms with Crippen LogP contribution in [0.1, 0.15) is 22.3 Å². The van der Waals surface area contributed by atoms with Crippen molar-refractivity contribution in [3.8, 4) is 0 Å². The Hall–Kier alpha value is -2.85. The monoisotopic (exact) mass is 400 g/mol. The van der Waals surface area contributed by atoms with E-state index < -0.39 is 0 Å². The first kappa shape index (κ1) is 19.5. The number of aliphatic imine (C=N–C) groups is 1. The van der Waals surface area contributed by atoms with Crippen LogP contribution in [-0.2, 0) is 11.2 Å². The zero-order valence-corrected chi connectivity index (χ0v) is 17.7. The van der Waals surface area contributed by atoms with Gasteiger partial charge in [-0.2, -0.15) is 0 Å². The molecule has 0 radical (unpaired) electrons. The van der Waals surface area contributed by atoms with Crippen LogP contribution in [0.4, 0.5) is 11.4 Å². The molecule has 146 valence electrons. The van der Waals surface area contributed by atoms with Crippen LogP contribution >= 0.6 is 11.8 Å². The van der Waals surface area contributed by atoms with Crippen molar-refractivity contribution in [1.29, 1.82) is 0 Å². The normalized spacial score (nSPS) is 17.9. The first-order valence-electron chi connectivity index (χ1n) is 9.78. The van der Waals surface area contributed by atoms with Crippen molar-refractivity contribution in [2.45, 2.75) is 32.4 Å². The first-order valence-corrected chi connectivity index (χ1v) is 10.7. The number of amidine groups is 1. The van der Waals surface area contributed by atoms with Crippen LogP contribution < -0.4 is 4.90 Å². The fourth-order valence-corrected chi connectivity index (χ4v) is 4.47. The van der Waals surface area contributed by atoms with Crippen molar-refractivity contribution < 1.29 is 4.79 Å². The number of nitrogens with zero attached hydrogens (tertiary/aromatic N) is 2. The van der Waals surface area contributed by atoms with Gasteiger partial charge in [-0.15, -0.1) is 0 Å². The Labute approximate surface area is 176 Å².